The summed E-state index contributed by atoms with van der Waals surface area (Å²) in [6.07, 6.45) is 0. The first kappa shape index (κ1) is 13.4. The van der Waals surface area contributed by atoms with Gasteiger partial charge >= 0.3 is 6.01 Å². The first-order valence-corrected chi connectivity index (χ1v) is 7.56. The lowest BCUT2D eigenvalue weighted by atomic mass is 10.1. The molecule has 3 rings (SSSR count). The van der Waals surface area contributed by atoms with Crippen molar-refractivity contribution >= 4 is 32.5 Å². The molecule has 1 heterocycles. The van der Waals surface area contributed by atoms with Crippen molar-refractivity contribution < 1.29 is 12.8 Å². The van der Waals surface area contributed by atoms with Crippen LogP contribution in [-0.4, -0.2) is 18.6 Å². The maximum absolute atomic E-state index is 12.5. The summed E-state index contributed by atoms with van der Waals surface area (Å²) in [5, 5.41) is 8.40. The van der Waals surface area contributed by atoms with E-state index in [0.717, 1.165) is 0 Å². The molecule has 7 nitrogen and oxygen atoms in total. The first-order valence-electron chi connectivity index (χ1n) is 6.07. The largest absolute Gasteiger partial charge is 0.408 e. The molecule has 8 heteroatoms. The lowest BCUT2D eigenvalue weighted by Gasteiger charge is -2.09. The Balaban J connectivity index is 2.13. The average Bonchev–Trinajstić information content (AvgIpc) is 2.83. The van der Waals surface area contributed by atoms with Gasteiger partial charge in [0.25, 0.3) is 10.0 Å². The monoisotopic (exact) mass is 304 g/mol. The van der Waals surface area contributed by atoms with Crippen LogP contribution >= 0.6 is 0 Å². The van der Waals surface area contributed by atoms with Gasteiger partial charge in [-0.3, -0.25) is 0 Å². The van der Waals surface area contributed by atoms with Crippen molar-refractivity contribution in [2.75, 3.05) is 10.5 Å². The van der Waals surface area contributed by atoms with E-state index in [-0.39, 0.29) is 16.8 Å². The molecule has 0 saturated heterocycles. The molecular formula is C13H12N4O3S. The van der Waals surface area contributed by atoms with Crippen LogP contribution in [-0.2, 0) is 10.0 Å². The Bertz CT molecular complexity index is 918. The van der Waals surface area contributed by atoms with Crippen molar-refractivity contribution in [3.63, 3.8) is 0 Å². The van der Waals surface area contributed by atoms with Crippen molar-refractivity contribution in [1.29, 1.82) is 0 Å². The number of aromatic nitrogens is 2. The maximum Gasteiger partial charge on any atom is 0.329 e. The molecule has 0 aliphatic carbocycles. The van der Waals surface area contributed by atoms with Crippen LogP contribution in [0.3, 0.4) is 0 Å². The molecule has 3 aromatic rings. The summed E-state index contributed by atoms with van der Waals surface area (Å²) in [4.78, 5) is 0.100. The molecule has 0 unspecified atom stereocenters. The molecule has 0 spiro atoms. The number of nitrogens with one attached hydrogen (secondary N) is 1. The number of hydrogen-bond acceptors (Lipinski definition) is 6. The highest BCUT2D eigenvalue weighted by atomic mass is 32.2. The summed E-state index contributed by atoms with van der Waals surface area (Å²) < 4.78 is 32.2. The van der Waals surface area contributed by atoms with Gasteiger partial charge in [0.05, 0.1) is 4.90 Å². The number of sulfonamides is 1. The predicted molar refractivity (Wildman–Crippen MR) is 78.2 cm³/mol. The van der Waals surface area contributed by atoms with E-state index in [2.05, 4.69) is 14.9 Å². The number of anilines is 2. The standard InChI is InChI=1S/C13H12N4O3S/c1-8-15-16-13(20-8)17-21(18,19)12-7-6-11(14)9-4-2-3-5-10(9)12/h2-7H,14H2,1H3,(H,16,17). The van der Waals surface area contributed by atoms with Crippen LogP contribution in [0, 0.1) is 6.92 Å². The fourth-order valence-electron chi connectivity index (χ4n) is 2.04. The van der Waals surface area contributed by atoms with Crippen LogP contribution in [0.1, 0.15) is 5.89 Å². The van der Waals surface area contributed by atoms with Gasteiger partial charge in [0, 0.05) is 23.4 Å². The Morgan fingerprint density at radius 2 is 1.81 bits per heavy atom. The van der Waals surface area contributed by atoms with E-state index >= 15 is 0 Å². The number of rotatable bonds is 3. The van der Waals surface area contributed by atoms with Gasteiger partial charge in [-0.1, -0.05) is 29.4 Å². The van der Waals surface area contributed by atoms with E-state index in [1.165, 1.54) is 6.07 Å². The zero-order valence-electron chi connectivity index (χ0n) is 11.1. The van der Waals surface area contributed by atoms with E-state index in [0.29, 0.717) is 16.5 Å². The summed E-state index contributed by atoms with van der Waals surface area (Å²) in [7, 11) is -3.85. The van der Waals surface area contributed by atoms with Crippen LogP contribution in [0.2, 0.25) is 0 Å². The first-order chi connectivity index (χ1) is 9.97. The number of nitrogens with two attached hydrogens (primary N) is 1. The molecule has 0 bridgehead atoms. The quantitative estimate of drug-likeness (QED) is 0.715. The Hall–Kier alpha value is -2.61. The van der Waals surface area contributed by atoms with Gasteiger partial charge in [-0.2, -0.15) is 0 Å². The van der Waals surface area contributed by atoms with Gasteiger partial charge in [-0.05, 0) is 12.1 Å². The third-order valence-electron chi connectivity index (χ3n) is 2.96. The third kappa shape index (κ3) is 2.40. The van der Waals surface area contributed by atoms with Crippen molar-refractivity contribution in [1.82, 2.24) is 10.2 Å². The molecule has 0 fully saturated rings. The zero-order valence-corrected chi connectivity index (χ0v) is 11.9. The predicted octanol–water partition coefficient (Wildman–Crippen LogP) is 1.91. The number of nitrogen functional groups attached to an aromatic ring is 1. The lowest BCUT2D eigenvalue weighted by Crippen LogP contribution is -2.14. The molecule has 0 aliphatic heterocycles. The third-order valence-corrected chi connectivity index (χ3v) is 4.33. The molecule has 0 radical (unpaired) electrons. The smallest absolute Gasteiger partial charge is 0.329 e. The average molecular weight is 304 g/mol. The van der Waals surface area contributed by atoms with Crippen LogP contribution < -0.4 is 10.5 Å². The second-order valence-corrected chi connectivity index (χ2v) is 6.08. The highest BCUT2D eigenvalue weighted by Crippen LogP contribution is 2.28. The van der Waals surface area contributed by atoms with Gasteiger partial charge < -0.3 is 10.2 Å². The molecule has 21 heavy (non-hydrogen) atoms. The number of fused-ring (bicyclic) bond motifs is 1. The highest BCUT2D eigenvalue weighted by molar-refractivity contribution is 7.93. The SMILES string of the molecule is Cc1nnc(NS(=O)(=O)c2ccc(N)c3ccccc23)o1. The Morgan fingerprint density at radius 3 is 2.48 bits per heavy atom. The Kier molecular flexibility index (Phi) is 3.02. The second kappa shape index (κ2) is 4.74. The van der Waals surface area contributed by atoms with Crippen LogP contribution in [0.5, 0.6) is 0 Å². The fourth-order valence-corrected chi connectivity index (χ4v) is 3.17. The summed E-state index contributed by atoms with van der Waals surface area (Å²) in [5.74, 6) is 0.273. The lowest BCUT2D eigenvalue weighted by molar-refractivity contribution is 0.534. The summed E-state index contributed by atoms with van der Waals surface area (Å²) in [6.45, 7) is 1.57. The minimum absolute atomic E-state index is 0.100. The Morgan fingerprint density at radius 1 is 1.10 bits per heavy atom. The van der Waals surface area contributed by atoms with Crippen molar-refractivity contribution in [3.8, 4) is 0 Å². The molecule has 108 valence electrons. The molecular weight excluding hydrogens is 292 g/mol. The van der Waals surface area contributed by atoms with Gasteiger partial charge in [0.2, 0.25) is 5.89 Å². The van der Waals surface area contributed by atoms with Gasteiger partial charge in [-0.15, -0.1) is 5.10 Å². The van der Waals surface area contributed by atoms with E-state index in [9.17, 15) is 8.42 Å². The number of nitrogens with zero attached hydrogens (tertiary/aromatic N) is 2. The van der Waals surface area contributed by atoms with E-state index < -0.39 is 10.0 Å². The molecule has 0 amide bonds. The molecule has 0 atom stereocenters. The van der Waals surface area contributed by atoms with Crippen LogP contribution in [0.15, 0.2) is 45.7 Å². The van der Waals surface area contributed by atoms with Crippen LogP contribution in [0.4, 0.5) is 11.7 Å². The second-order valence-electron chi connectivity index (χ2n) is 4.43. The van der Waals surface area contributed by atoms with Gasteiger partial charge in [0.1, 0.15) is 0 Å². The molecule has 1 aromatic heterocycles. The Labute approximate surface area is 120 Å². The van der Waals surface area contributed by atoms with Crippen molar-refractivity contribution in [2.45, 2.75) is 11.8 Å². The molecule has 0 saturated carbocycles. The summed E-state index contributed by atoms with van der Waals surface area (Å²) >= 11 is 0. The highest BCUT2D eigenvalue weighted by Gasteiger charge is 2.20. The minimum atomic E-state index is -3.85. The van der Waals surface area contributed by atoms with E-state index in [1.807, 2.05) is 0 Å². The van der Waals surface area contributed by atoms with Crippen LogP contribution in [0.25, 0.3) is 10.8 Å². The summed E-state index contributed by atoms with van der Waals surface area (Å²) in [5.41, 5.74) is 6.38. The van der Waals surface area contributed by atoms with E-state index in [4.69, 9.17) is 10.2 Å². The van der Waals surface area contributed by atoms with E-state index in [1.54, 1.807) is 37.3 Å². The van der Waals surface area contributed by atoms with Gasteiger partial charge in [0.15, 0.2) is 0 Å². The number of hydrogen-bond donors (Lipinski definition) is 2. The molecule has 2 aromatic carbocycles. The maximum atomic E-state index is 12.5. The van der Waals surface area contributed by atoms with Crippen molar-refractivity contribution in [3.05, 3.63) is 42.3 Å². The molecule has 0 aliphatic rings. The number of benzene rings is 2. The fraction of sp³-hybridized carbons (Fsp3) is 0.0769. The zero-order chi connectivity index (χ0) is 15.0. The van der Waals surface area contributed by atoms with Gasteiger partial charge in [-0.25, -0.2) is 13.1 Å². The minimum Gasteiger partial charge on any atom is -0.408 e. The van der Waals surface area contributed by atoms with Crippen molar-refractivity contribution in [2.24, 2.45) is 0 Å². The molecule has 3 N–H and O–H groups in total. The topological polar surface area (TPSA) is 111 Å². The normalized spacial score (nSPS) is 11.7. The number of aryl methyl sites for hydroxylation is 1. The summed E-state index contributed by atoms with van der Waals surface area (Å²) in [6, 6.07) is 9.83.